The molecule has 3 aromatic carbocycles. The van der Waals surface area contributed by atoms with Gasteiger partial charge in [-0.3, -0.25) is 4.79 Å². The summed E-state index contributed by atoms with van der Waals surface area (Å²) in [6, 6.07) is 27.1. The lowest BCUT2D eigenvalue weighted by Gasteiger charge is -2.09. The summed E-state index contributed by atoms with van der Waals surface area (Å²) >= 11 is 0. The first-order valence-electron chi connectivity index (χ1n) is 8.35. The maximum absolute atomic E-state index is 12.4. The van der Waals surface area contributed by atoms with Crippen LogP contribution in [0.15, 0.2) is 97.1 Å². The van der Waals surface area contributed by atoms with E-state index in [1.807, 2.05) is 54.6 Å². The minimum atomic E-state index is -0.451. The monoisotopic (exact) mass is 342 g/mol. The van der Waals surface area contributed by atoms with Gasteiger partial charge in [0, 0.05) is 17.5 Å². The molecule has 0 aliphatic carbocycles. The van der Waals surface area contributed by atoms with Crippen LogP contribution in [0.25, 0.3) is 5.76 Å². The highest BCUT2D eigenvalue weighted by Crippen LogP contribution is 2.19. The van der Waals surface area contributed by atoms with Crippen LogP contribution >= 0.6 is 0 Å². The second-order valence-corrected chi connectivity index (χ2v) is 5.68. The molecule has 0 heterocycles. The van der Waals surface area contributed by atoms with Crippen molar-refractivity contribution in [1.29, 1.82) is 0 Å². The smallest absolute Gasteiger partial charge is 0.343 e. The maximum Gasteiger partial charge on any atom is 0.343 e. The summed E-state index contributed by atoms with van der Waals surface area (Å²) in [7, 11) is 0. The lowest BCUT2D eigenvalue weighted by atomic mass is 10.1. The Balaban J connectivity index is 1.82. The van der Waals surface area contributed by atoms with Gasteiger partial charge < -0.3 is 4.74 Å². The molecule has 0 aromatic heterocycles. The number of carbonyl (C=O) groups excluding carboxylic acids is 2. The van der Waals surface area contributed by atoms with E-state index in [9.17, 15) is 9.59 Å². The fourth-order valence-electron chi connectivity index (χ4n) is 2.48. The normalized spacial score (nSPS) is 11.0. The molecule has 128 valence electrons. The number of rotatable bonds is 6. The number of allylic oxidation sites excluding steroid dienone is 1. The minimum absolute atomic E-state index is 0.0326. The molecule has 0 amide bonds. The van der Waals surface area contributed by atoms with Crippen molar-refractivity contribution < 1.29 is 14.3 Å². The van der Waals surface area contributed by atoms with Crippen LogP contribution in [-0.4, -0.2) is 11.8 Å². The Hall–Kier alpha value is -3.46. The van der Waals surface area contributed by atoms with E-state index in [4.69, 9.17) is 4.74 Å². The first-order chi connectivity index (χ1) is 12.7. The van der Waals surface area contributed by atoms with Crippen molar-refractivity contribution in [1.82, 2.24) is 0 Å². The molecule has 0 aliphatic heterocycles. The standard InChI is InChI=1S/C23H18O3/c24-21(18-10-4-1-5-11-18)16-17-22(19-12-6-2-7-13-19)26-23(25)20-14-8-3-9-15-20/h1-15,17H,16H2. The van der Waals surface area contributed by atoms with Gasteiger partial charge in [0.2, 0.25) is 0 Å². The molecule has 3 aromatic rings. The van der Waals surface area contributed by atoms with E-state index >= 15 is 0 Å². The lowest BCUT2D eigenvalue weighted by Crippen LogP contribution is -2.05. The first-order valence-corrected chi connectivity index (χ1v) is 8.35. The number of Topliss-reactive ketones (excluding diaryl/α,β-unsaturated/α-hetero) is 1. The van der Waals surface area contributed by atoms with E-state index in [-0.39, 0.29) is 12.2 Å². The summed E-state index contributed by atoms with van der Waals surface area (Å²) < 4.78 is 5.58. The maximum atomic E-state index is 12.4. The van der Waals surface area contributed by atoms with E-state index in [0.29, 0.717) is 16.9 Å². The summed E-state index contributed by atoms with van der Waals surface area (Å²) in [4.78, 5) is 24.7. The predicted octanol–water partition coefficient (Wildman–Crippen LogP) is 5.16. The molecule has 0 atom stereocenters. The second-order valence-electron chi connectivity index (χ2n) is 5.68. The van der Waals surface area contributed by atoms with Crippen LogP contribution in [0, 0.1) is 0 Å². The molecule has 0 fully saturated rings. The van der Waals surface area contributed by atoms with Crippen molar-refractivity contribution in [3.05, 3.63) is 114 Å². The number of hydrogen-bond donors (Lipinski definition) is 0. The van der Waals surface area contributed by atoms with Crippen LogP contribution in [0.3, 0.4) is 0 Å². The van der Waals surface area contributed by atoms with Gasteiger partial charge in [-0.05, 0) is 18.2 Å². The summed E-state index contributed by atoms with van der Waals surface area (Å²) in [5.74, 6) is -0.105. The fraction of sp³-hybridized carbons (Fsp3) is 0.0435. The van der Waals surface area contributed by atoms with E-state index in [1.54, 1.807) is 42.5 Å². The number of hydrogen-bond acceptors (Lipinski definition) is 3. The molecule has 0 saturated carbocycles. The molecule has 0 spiro atoms. The van der Waals surface area contributed by atoms with E-state index < -0.39 is 5.97 Å². The summed E-state index contributed by atoms with van der Waals surface area (Å²) in [5.41, 5.74) is 1.84. The number of ketones is 1. The number of ether oxygens (including phenoxy) is 1. The number of benzene rings is 3. The molecule has 26 heavy (non-hydrogen) atoms. The van der Waals surface area contributed by atoms with Crippen molar-refractivity contribution >= 4 is 17.5 Å². The Bertz CT molecular complexity index is 898. The number of esters is 1. The van der Waals surface area contributed by atoms with Crippen LogP contribution in [0.1, 0.15) is 32.7 Å². The molecular weight excluding hydrogens is 324 g/mol. The van der Waals surface area contributed by atoms with Gasteiger partial charge >= 0.3 is 5.97 Å². The lowest BCUT2D eigenvalue weighted by molar-refractivity contribution is 0.0690. The minimum Gasteiger partial charge on any atom is -0.423 e. The third-order valence-corrected chi connectivity index (χ3v) is 3.84. The Morgan fingerprint density at radius 1 is 0.654 bits per heavy atom. The Morgan fingerprint density at radius 2 is 1.12 bits per heavy atom. The molecule has 3 heteroatoms. The highest BCUT2D eigenvalue weighted by Gasteiger charge is 2.13. The van der Waals surface area contributed by atoms with Gasteiger partial charge in [0.25, 0.3) is 0 Å². The predicted molar refractivity (Wildman–Crippen MR) is 102 cm³/mol. The highest BCUT2D eigenvalue weighted by atomic mass is 16.5. The van der Waals surface area contributed by atoms with Gasteiger partial charge in [-0.25, -0.2) is 4.79 Å². The molecule has 3 rings (SSSR count). The van der Waals surface area contributed by atoms with Crippen LogP contribution in [0.2, 0.25) is 0 Å². The molecule has 3 nitrogen and oxygen atoms in total. The third-order valence-electron chi connectivity index (χ3n) is 3.84. The molecular formula is C23H18O3. The molecule has 0 saturated heterocycles. The topological polar surface area (TPSA) is 43.4 Å². The van der Waals surface area contributed by atoms with Crippen molar-refractivity contribution in [3.8, 4) is 0 Å². The summed E-state index contributed by atoms with van der Waals surface area (Å²) in [5, 5.41) is 0. The average molecular weight is 342 g/mol. The van der Waals surface area contributed by atoms with Crippen molar-refractivity contribution in [2.45, 2.75) is 6.42 Å². The van der Waals surface area contributed by atoms with Crippen LogP contribution in [-0.2, 0) is 4.74 Å². The van der Waals surface area contributed by atoms with E-state index in [0.717, 1.165) is 5.56 Å². The Morgan fingerprint density at radius 3 is 1.65 bits per heavy atom. The highest BCUT2D eigenvalue weighted by molar-refractivity contribution is 5.98. The largest absolute Gasteiger partial charge is 0.423 e. The molecule has 0 bridgehead atoms. The zero-order valence-electron chi connectivity index (χ0n) is 14.2. The van der Waals surface area contributed by atoms with Crippen LogP contribution in [0.4, 0.5) is 0 Å². The van der Waals surface area contributed by atoms with E-state index in [1.165, 1.54) is 0 Å². The summed E-state index contributed by atoms with van der Waals surface area (Å²) in [6.45, 7) is 0. The molecule has 0 N–H and O–H groups in total. The zero-order valence-corrected chi connectivity index (χ0v) is 14.2. The Labute approximate surface area is 152 Å². The van der Waals surface area contributed by atoms with Crippen LogP contribution in [0.5, 0.6) is 0 Å². The number of carbonyl (C=O) groups is 2. The zero-order chi connectivity index (χ0) is 18.2. The average Bonchev–Trinajstić information content (AvgIpc) is 2.72. The Kier molecular flexibility index (Phi) is 5.73. The third kappa shape index (κ3) is 4.54. The summed E-state index contributed by atoms with van der Waals surface area (Å²) in [6.07, 6.45) is 1.81. The second kappa shape index (κ2) is 8.58. The molecule has 0 aliphatic rings. The van der Waals surface area contributed by atoms with Crippen LogP contribution < -0.4 is 0 Å². The molecule has 0 unspecified atom stereocenters. The van der Waals surface area contributed by atoms with Gasteiger partial charge in [-0.15, -0.1) is 0 Å². The SMILES string of the molecule is O=C(CC=C(OC(=O)c1ccccc1)c1ccccc1)c1ccccc1. The molecule has 0 radical (unpaired) electrons. The van der Waals surface area contributed by atoms with Gasteiger partial charge in [-0.1, -0.05) is 78.9 Å². The van der Waals surface area contributed by atoms with Gasteiger partial charge in [-0.2, -0.15) is 0 Å². The van der Waals surface area contributed by atoms with Crippen molar-refractivity contribution in [2.24, 2.45) is 0 Å². The van der Waals surface area contributed by atoms with Gasteiger partial charge in [0.15, 0.2) is 5.78 Å². The van der Waals surface area contributed by atoms with E-state index in [2.05, 4.69) is 0 Å². The first kappa shape index (κ1) is 17.4. The van der Waals surface area contributed by atoms with Crippen molar-refractivity contribution in [2.75, 3.05) is 0 Å². The van der Waals surface area contributed by atoms with Gasteiger partial charge in [0.05, 0.1) is 5.56 Å². The fourth-order valence-corrected chi connectivity index (χ4v) is 2.48. The quantitative estimate of drug-likeness (QED) is 0.353. The van der Waals surface area contributed by atoms with Gasteiger partial charge in [0.1, 0.15) is 5.76 Å². The van der Waals surface area contributed by atoms with Crippen molar-refractivity contribution in [3.63, 3.8) is 0 Å².